The van der Waals surface area contributed by atoms with Crippen molar-refractivity contribution in [3.63, 3.8) is 0 Å². The van der Waals surface area contributed by atoms with Crippen LogP contribution in [-0.2, 0) is 16.1 Å². The maximum Gasteiger partial charge on any atom is 0.293 e. The molecular formula is C22H22FNO5S. The van der Waals surface area contributed by atoms with Gasteiger partial charge in [0.05, 0.1) is 24.7 Å². The largest absolute Gasteiger partial charge is 0.490 e. The predicted molar refractivity (Wildman–Crippen MR) is 113 cm³/mol. The number of halogens is 1. The Morgan fingerprint density at radius 3 is 2.53 bits per heavy atom. The Kier molecular flexibility index (Phi) is 7.48. The highest BCUT2D eigenvalue weighted by atomic mass is 32.2. The average molecular weight is 431 g/mol. The first-order valence-electron chi connectivity index (χ1n) is 9.40. The second-order valence-electron chi connectivity index (χ2n) is 6.38. The topological polar surface area (TPSA) is 65.1 Å². The summed E-state index contributed by atoms with van der Waals surface area (Å²) in [5, 5.41) is -0.312. The zero-order valence-electron chi connectivity index (χ0n) is 16.7. The number of carbonyl (C=O) groups is 2. The molecule has 2 aromatic carbocycles. The number of carbonyl (C=O) groups excluding carboxylic acids is 2. The van der Waals surface area contributed by atoms with Gasteiger partial charge in [0.25, 0.3) is 11.1 Å². The third-order valence-electron chi connectivity index (χ3n) is 4.27. The van der Waals surface area contributed by atoms with Crippen molar-refractivity contribution in [2.75, 3.05) is 26.9 Å². The summed E-state index contributed by atoms with van der Waals surface area (Å²) in [6.07, 6.45) is 1.66. The maximum atomic E-state index is 13.0. The maximum absolute atomic E-state index is 13.0. The van der Waals surface area contributed by atoms with E-state index in [0.717, 1.165) is 17.3 Å². The van der Waals surface area contributed by atoms with Crippen molar-refractivity contribution in [3.8, 4) is 11.5 Å². The lowest BCUT2D eigenvalue weighted by Crippen LogP contribution is -2.31. The van der Waals surface area contributed by atoms with Crippen LogP contribution in [0.15, 0.2) is 47.4 Å². The summed E-state index contributed by atoms with van der Waals surface area (Å²) in [7, 11) is 1.52. The highest BCUT2D eigenvalue weighted by Gasteiger charge is 2.34. The van der Waals surface area contributed by atoms with Crippen molar-refractivity contribution in [2.24, 2.45) is 0 Å². The highest BCUT2D eigenvalue weighted by Crippen LogP contribution is 2.34. The molecule has 158 valence electrons. The summed E-state index contributed by atoms with van der Waals surface area (Å²) in [6, 6.07) is 11.4. The third kappa shape index (κ3) is 5.40. The summed E-state index contributed by atoms with van der Waals surface area (Å²) >= 11 is 0.899. The number of nitrogens with zero attached hydrogens (tertiary/aromatic N) is 1. The van der Waals surface area contributed by atoms with Gasteiger partial charge in [0.1, 0.15) is 12.4 Å². The number of hydrogen-bond donors (Lipinski definition) is 0. The second-order valence-corrected chi connectivity index (χ2v) is 7.37. The molecule has 0 aromatic heterocycles. The van der Waals surface area contributed by atoms with E-state index in [9.17, 15) is 14.0 Å². The van der Waals surface area contributed by atoms with Gasteiger partial charge in [-0.25, -0.2) is 4.39 Å². The fourth-order valence-electron chi connectivity index (χ4n) is 2.77. The van der Waals surface area contributed by atoms with Crippen LogP contribution in [-0.4, -0.2) is 42.9 Å². The Morgan fingerprint density at radius 2 is 1.83 bits per heavy atom. The Morgan fingerprint density at radius 1 is 1.07 bits per heavy atom. The van der Waals surface area contributed by atoms with Crippen molar-refractivity contribution < 1.29 is 28.2 Å². The lowest BCUT2D eigenvalue weighted by Gasteiger charge is -2.13. The molecule has 0 aliphatic carbocycles. The van der Waals surface area contributed by atoms with E-state index in [4.69, 9.17) is 14.2 Å². The molecule has 30 heavy (non-hydrogen) atoms. The van der Waals surface area contributed by atoms with Gasteiger partial charge in [0, 0.05) is 7.11 Å². The Labute approximate surface area is 178 Å². The van der Waals surface area contributed by atoms with E-state index >= 15 is 0 Å². The van der Waals surface area contributed by atoms with E-state index in [-0.39, 0.29) is 30.1 Å². The van der Waals surface area contributed by atoms with E-state index in [1.54, 1.807) is 36.4 Å². The van der Waals surface area contributed by atoms with Gasteiger partial charge in [-0.2, -0.15) is 0 Å². The molecule has 0 spiro atoms. The molecule has 8 heteroatoms. The van der Waals surface area contributed by atoms with E-state index in [1.807, 2.05) is 6.92 Å². The summed E-state index contributed by atoms with van der Waals surface area (Å²) < 4.78 is 29.5. The van der Waals surface area contributed by atoms with Gasteiger partial charge in [-0.05, 0) is 60.2 Å². The minimum absolute atomic E-state index is 0.221. The lowest BCUT2D eigenvalue weighted by atomic mass is 10.1. The zero-order valence-corrected chi connectivity index (χ0v) is 17.5. The number of thioether (sulfide) groups is 1. The second kappa shape index (κ2) is 10.3. The fraction of sp³-hybridized carbons (Fsp3) is 0.273. The number of ether oxygens (including phenoxy) is 3. The quantitative estimate of drug-likeness (QED) is 0.545. The molecule has 0 saturated carbocycles. The van der Waals surface area contributed by atoms with Gasteiger partial charge >= 0.3 is 0 Å². The summed E-state index contributed by atoms with van der Waals surface area (Å²) in [4.78, 5) is 26.0. The van der Waals surface area contributed by atoms with Crippen LogP contribution in [0.3, 0.4) is 0 Å². The predicted octanol–water partition coefficient (Wildman–Crippen LogP) is 4.49. The normalized spacial score (nSPS) is 15.2. The SMILES string of the molecule is CCOc1cc(/C=C2/SC(=O)N(CCOC)C2=O)ccc1OCc1ccc(F)cc1. The number of hydrogen-bond acceptors (Lipinski definition) is 6. The van der Waals surface area contributed by atoms with Crippen molar-refractivity contribution in [3.05, 3.63) is 64.3 Å². The molecule has 6 nitrogen and oxygen atoms in total. The Bertz CT molecular complexity index is 945. The van der Waals surface area contributed by atoms with E-state index in [1.165, 1.54) is 24.1 Å². The molecule has 1 aliphatic rings. The van der Waals surface area contributed by atoms with Crippen LogP contribution in [0.5, 0.6) is 11.5 Å². The first-order valence-corrected chi connectivity index (χ1v) is 10.2. The number of benzene rings is 2. The zero-order chi connectivity index (χ0) is 21.5. The van der Waals surface area contributed by atoms with Crippen LogP contribution in [0, 0.1) is 5.82 Å². The lowest BCUT2D eigenvalue weighted by molar-refractivity contribution is -0.123. The minimum atomic E-state index is -0.336. The molecular weight excluding hydrogens is 409 g/mol. The molecule has 3 rings (SSSR count). The Hall–Kier alpha value is -2.84. The van der Waals surface area contributed by atoms with Gasteiger partial charge in [-0.1, -0.05) is 18.2 Å². The summed E-state index contributed by atoms with van der Waals surface area (Å²) in [6.45, 7) is 3.07. The van der Waals surface area contributed by atoms with Crippen LogP contribution < -0.4 is 9.47 Å². The number of imide groups is 1. The molecule has 0 unspecified atom stereocenters. The van der Waals surface area contributed by atoms with Crippen molar-refractivity contribution in [1.82, 2.24) is 4.90 Å². The first kappa shape index (κ1) is 21.9. The van der Waals surface area contributed by atoms with Crippen LogP contribution in [0.25, 0.3) is 6.08 Å². The molecule has 0 radical (unpaired) electrons. The molecule has 1 heterocycles. The summed E-state index contributed by atoms with van der Waals surface area (Å²) in [5.74, 6) is 0.417. The third-order valence-corrected chi connectivity index (χ3v) is 5.17. The van der Waals surface area contributed by atoms with Crippen LogP contribution in [0.4, 0.5) is 9.18 Å². The Balaban J connectivity index is 1.75. The average Bonchev–Trinajstić information content (AvgIpc) is 3.00. The van der Waals surface area contributed by atoms with E-state index in [0.29, 0.717) is 35.2 Å². The number of amides is 2. The minimum Gasteiger partial charge on any atom is -0.490 e. The van der Waals surface area contributed by atoms with Crippen LogP contribution >= 0.6 is 11.8 Å². The molecule has 0 N–H and O–H groups in total. The molecule has 0 atom stereocenters. The van der Waals surface area contributed by atoms with Crippen LogP contribution in [0.1, 0.15) is 18.1 Å². The number of methoxy groups -OCH3 is 1. The molecule has 1 aliphatic heterocycles. The number of rotatable bonds is 9. The fourth-order valence-corrected chi connectivity index (χ4v) is 3.64. The van der Waals surface area contributed by atoms with Gasteiger partial charge in [-0.15, -0.1) is 0 Å². The molecule has 2 amide bonds. The molecule has 1 saturated heterocycles. The smallest absolute Gasteiger partial charge is 0.293 e. The summed E-state index contributed by atoms with van der Waals surface area (Å²) in [5.41, 5.74) is 1.54. The standard InChI is InChI=1S/C22H22FNO5S/c1-3-28-19-12-16(13-20-21(25)24(10-11-27-2)22(26)30-20)6-9-18(19)29-14-15-4-7-17(23)8-5-15/h4-9,12-13H,3,10-11,14H2,1-2H3/b20-13+. The van der Waals surface area contributed by atoms with E-state index < -0.39 is 0 Å². The highest BCUT2D eigenvalue weighted by molar-refractivity contribution is 8.18. The van der Waals surface area contributed by atoms with Gasteiger partial charge in [0.15, 0.2) is 11.5 Å². The van der Waals surface area contributed by atoms with Gasteiger partial charge in [-0.3, -0.25) is 14.5 Å². The molecule has 0 bridgehead atoms. The monoisotopic (exact) mass is 431 g/mol. The van der Waals surface area contributed by atoms with E-state index in [2.05, 4.69) is 0 Å². The van der Waals surface area contributed by atoms with Crippen molar-refractivity contribution in [1.29, 1.82) is 0 Å². The van der Waals surface area contributed by atoms with Gasteiger partial charge in [0.2, 0.25) is 0 Å². The molecule has 1 fully saturated rings. The van der Waals surface area contributed by atoms with Crippen molar-refractivity contribution in [2.45, 2.75) is 13.5 Å². The first-order chi connectivity index (χ1) is 14.5. The van der Waals surface area contributed by atoms with Crippen LogP contribution in [0.2, 0.25) is 0 Å². The van der Waals surface area contributed by atoms with Crippen molar-refractivity contribution >= 4 is 29.0 Å². The molecule has 2 aromatic rings. The van der Waals surface area contributed by atoms with Gasteiger partial charge < -0.3 is 14.2 Å².